The number of esters is 2. The van der Waals surface area contributed by atoms with Gasteiger partial charge < -0.3 is 9.47 Å². The third-order valence-electron chi connectivity index (χ3n) is 3.10. The van der Waals surface area contributed by atoms with Gasteiger partial charge in [0.05, 0.1) is 12.8 Å². The average Bonchev–Trinajstić information content (AvgIpc) is 2.44. The molecule has 21 heavy (non-hydrogen) atoms. The van der Waals surface area contributed by atoms with E-state index in [-0.39, 0.29) is 37.4 Å². The molecule has 0 radical (unpaired) electrons. The second kappa shape index (κ2) is 8.67. The molecule has 5 heteroatoms. The molecule has 0 saturated carbocycles. The van der Waals surface area contributed by atoms with Gasteiger partial charge in [-0.2, -0.15) is 0 Å². The van der Waals surface area contributed by atoms with Crippen LogP contribution in [0.1, 0.15) is 39.2 Å². The van der Waals surface area contributed by atoms with Gasteiger partial charge in [0.25, 0.3) is 0 Å². The molecule has 1 aromatic rings. The summed E-state index contributed by atoms with van der Waals surface area (Å²) in [7, 11) is 0. The average molecular weight is 313 g/mol. The van der Waals surface area contributed by atoms with E-state index in [9.17, 15) is 9.59 Å². The van der Waals surface area contributed by atoms with Gasteiger partial charge in [-0.05, 0) is 30.5 Å². The lowest BCUT2D eigenvalue weighted by molar-refractivity contribution is -0.154. The highest BCUT2D eigenvalue weighted by Crippen LogP contribution is 2.11. The molecule has 1 atom stereocenters. The summed E-state index contributed by atoms with van der Waals surface area (Å²) in [6, 6.07) is 7.03. The van der Waals surface area contributed by atoms with E-state index in [0.717, 1.165) is 5.56 Å². The summed E-state index contributed by atoms with van der Waals surface area (Å²) in [6.45, 7) is 5.95. The maximum atomic E-state index is 11.6. The zero-order valence-corrected chi connectivity index (χ0v) is 13.4. The molecule has 0 saturated heterocycles. The quantitative estimate of drug-likeness (QED) is 0.719. The molecule has 4 nitrogen and oxygen atoms in total. The van der Waals surface area contributed by atoms with Gasteiger partial charge in [0.15, 0.2) is 0 Å². The Labute approximate surface area is 130 Å². The molecule has 0 aliphatic heterocycles. The second-order valence-corrected chi connectivity index (χ2v) is 5.66. The molecule has 1 aromatic carbocycles. The van der Waals surface area contributed by atoms with Crippen molar-refractivity contribution < 1.29 is 19.1 Å². The van der Waals surface area contributed by atoms with E-state index in [1.54, 1.807) is 24.3 Å². The summed E-state index contributed by atoms with van der Waals surface area (Å²) < 4.78 is 10.3. The van der Waals surface area contributed by atoms with Crippen LogP contribution in [-0.4, -0.2) is 18.0 Å². The van der Waals surface area contributed by atoms with E-state index in [0.29, 0.717) is 5.02 Å². The highest BCUT2D eigenvalue weighted by atomic mass is 35.5. The van der Waals surface area contributed by atoms with Crippen molar-refractivity contribution >= 4 is 23.5 Å². The molecule has 0 amide bonds. The lowest BCUT2D eigenvalue weighted by atomic mass is 10.1. The lowest BCUT2D eigenvalue weighted by Gasteiger charge is -2.16. The van der Waals surface area contributed by atoms with Crippen LogP contribution in [0.15, 0.2) is 24.3 Å². The number of halogens is 1. The Balaban J connectivity index is 2.25. The van der Waals surface area contributed by atoms with Gasteiger partial charge in [-0.15, -0.1) is 0 Å². The Kier molecular flexibility index (Phi) is 7.23. The Morgan fingerprint density at radius 3 is 2.19 bits per heavy atom. The zero-order valence-electron chi connectivity index (χ0n) is 12.6. The predicted octanol–water partition coefficient (Wildman–Crippen LogP) is 3.75. The zero-order chi connectivity index (χ0) is 15.8. The van der Waals surface area contributed by atoms with Crippen molar-refractivity contribution in [1.29, 1.82) is 0 Å². The second-order valence-electron chi connectivity index (χ2n) is 5.23. The summed E-state index contributed by atoms with van der Waals surface area (Å²) in [5.74, 6) is -0.537. The summed E-state index contributed by atoms with van der Waals surface area (Å²) in [6.07, 6.45) is -0.0871. The maximum Gasteiger partial charge on any atom is 0.306 e. The molecular weight excluding hydrogens is 292 g/mol. The Bertz CT molecular complexity index is 468. The van der Waals surface area contributed by atoms with Gasteiger partial charge >= 0.3 is 11.9 Å². The highest BCUT2D eigenvalue weighted by Gasteiger charge is 2.14. The van der Waals surface area contributed by atoms with Gasteiger partial charge in [-0.25, -0.2) is 0 Å². The predicted molar refractivity (Wildman–Crippen MR) is 80.9 cm³/mol. The SMILES string of the molecule is CC(C)C(C)OC(=O)CCC(=O)OCc1ccc(Cl)cc1. The maximum absolute atomic E-state index is 11.6. The number of hydrogen-bond donors (Lipinski definition) is 0. The van der Waals surface area contributed by atoms with Crippen molar-refractivity contribution in [2.75, 3.05) is 0 Å². The van der Waals surface area contributed by atoms with Crippen molar-refractivity contribution in [3.8, 4) is 0 Å². The monoisotopic (exact) mass is 312 g/mol. The van der Waals surface area contributed by atoms with E-state index in [2.05, 4.69) is 0 Å². The van der Waals surface area contributed by atoms with Crippen LogP contribution in [0, 0.1) is 5.92 Å². The summed E-state index contributed by atoms with van der Waals surface area (Å²) in [5, 5.41) is 0.632. The van der Waals surface area contributed by atoms with Crippen LogP contribution < -0.4 is 0 Å². The van der Waals surface area contributed by atoms with E-state index in [1.807, 2.05) is 20.8 Å². The van der Waals surface area contributed by atoms with Gasteiger partial charge in [-0.1, -0.05) is 37.6 Å². The van der Waals surface area contributed by atoms with Crippen LogP contribution in [0.2, 0.25) is 5.02 Å². The molecule has 0 aromatic heterocycles. The molecule has 0 spiro atoms. The van der Waals surface area contributed by atoms with E-state index < -0.39 is 5.97 Å². The molecule has 0 N–H and O–H groups in total. The van der Waals surface area contributed by atoms with Crippen molar-refractivity contribution in [2.24, 2.45) is 5.92 Å². The molecule has 0 heterocycles. The van der Waals surface area contributed by atoms with Crippen molar-refractivity contribution in [3.63, 3.8) is 0 Å². The highest BCUT2D eigenvalue weighted by molar-refractivity contribution is 6.30. The van der Waals surface area contributed by atoms with E-state index in [1.165, 1.54) is 0 Å². The number of carbonyl (C=O) groups is 2. The first-order valence-corrected chi connectivity index (χ1v) is 7.36. The number of hydrogen-bond acceptors (Lipinski definition) is 4. The normalized spacial score (nSPS) is 12.0. The largest absolute Gasteiger partial charge is 0.462 e. The van der Waals surface area contributed by atoms with Crippen LogP contribution in [-0.2, 0) is 25.7 Å². The van der Waals surface area contributed by atoms with Gasteiger partial charge in [0.1, 0.15) is 12.7 Å². The van der Waals surface area contributed by atoms with E-state index >= 15 is 0 Å². The Morgan fingerprint density at radius 1 is 1.05 bits per heavy atom. The molecule has 1 rings (SSSR count). The molecule has 1 unspecified atom stereocenters. The number of benzene rings is 1. The lowest BCUT2D eigenvalue weighted by Crippen LogP contribution is -2.20. The molecule has 116 valence electrons. The van der Waals surface area contributed by atoms with Gasteiger partial charge in [-0.3, -0.25) is 9.59 Å². The van der Waals surface area contributed by atoms with Crippen LogP contribution >= 0.6 is 11.6 Å². The smallest absolute Gasteiger partial charge is 0.306 e. The minimum Gasteiger partial charge on any atom is -0.462 e. The minimum absolute atomic E-state index is 0.0250. The first kappa shape index (κ1) is 17.5. The molecule has 0 aliphatic carbocycles. The number of carbonyl (C=O) groups excluding carboxylic acids is 2. The van der Waals surface area contributed by atoms with Crippen molar-refractivity contribution in [1.82, 2.24) is 0 Å². The van der Waals surface area contributed by atoms with E-state index in [4.69, 9.17) is 21.1 Å². The number of rotatable bonds is 7. The van der Waals surface area contributed by atoms with Crippen molar-refractivity contribution in [3.05, 3.63) is 34.9 Å². The van der Waals surface area contributed by atoms with Crippen molar-refractivity contribution in [2.45, 2.75) is 46.3 Å². The first-order chi connectivity index (χ1) is 9.88. The van der Waals surface area contributed by atoms with Gasteiger partial charge in [0, 0.05) is 5.02 Å². The first-order valence-electron chi connectivity index (χ1n) is 6.98. The standard InChI is InChI=1S/C16H21ClO4/c1-11(2)12(3)21-16(19)9-8-15(18)20-10-13-4-6-14(17)7-5-13/h4-7,11-12H,8-10H2,1-3H3. The Morgan fingerprint density at radius 2 is 1.62 bits per heavy atom. The number of ether oxygens (including phenoxy) is 2. The summed E-state index contributed by atoms with van der Waals surface area (Å²) in [5.41, 5.74) is 0.851. The molecule has 0 aliphatic rings. The fourth-order valence-electron chi connectivity index (χ4n) is 1.42. The molecule has 0 fully saturated rings. The fraction of sp³-hybridized carbons (Fsp3) is 0.500. The molecule has 0 bridgehead atoms. The van der Waals surface area contributed by atoms with Gasteiger partial charge in [0.2, 0.25) is 0 Å². The van der Waals surface area contributed by atoms with Crippen LogP contribution in [0.3, 0.4) is 0 Å². The van der Waals surface area contributed by atoms with Crippen LogP contribution in [0.5, 0.6) is 0 Å². The fourth-order valence-corrected chi connectivity index (χ4v) is 1.55. The summed E-state index contributed by atoms with van der Waals surface area (Å²) in [4.78, 5) is 23.1. The minimum atomic E-state index is -0.417. The molecular formula is C16H21ClO4. The topological polar surface area (TPSA) is 52.6 Å². The van der Waals surface area contributed by atoms with Crippen LogP contribution in [0.25, 0.3) is 0 Å². The third-order valence-corrected chi connectivity index (χ3v) is 3.35. The summed E-state index contributed by atoms with van der Waals surface area (Å²) >= 11 is 5.76. The van der Waals surface area contributed by atoms with Crippen LogP contribution in [0.4, 0.5) is 0 Å². The third kappa shape index (κ3) is 7.14. The Hall–Kier alpha value is -1.55.